The van der Waals surface area contributed by atoms with Gasteiger partial charge in [-0.1, -0.05) is 0 Å². The third-order valence-electron chi connectivity index (χ3n) is 2.11. The normalized spacial score (nSPS) is 10.9. The molecule has 0 spiro atoms. The molecular formula is C11H9N3O2S2. The van der Waals surface area contributed by atoms with E-state index in [0.717, 1.165) is 4.88 Å². The van der Waals surface area contributed by atoms with Gasteiger partial charge in [-0.25, -0.2) is 13.4 Å². The lowest BCUT2D eigenvalue weighted by atomic mass is 10.3. The zero-order chi connectivity index (χ0) is 13.2. The van der Waals surface area contributed by atoms with Crippen LogP contribution >= 0.6 is 11.3 Å². The molecule has 0 radical (unpaired) electrons. The highest BCUT2D eigenvalue weighted by molar-refractivity contribution is 7.94. The van der Waals surface area contributed by atoms with E-state index in [1.54, 1.807) is 12.1 Å². The molecule has 0 amide bonds. The van der Waals surface area contributed by atoms with Crippen molar-refractivity contribution in [2.24, 2.45) is 0 Å². The third kappa shape index (κ3) is 2.67. The number of aryl methyl sites for hydroxylation is 1. The van der Waals surface area contributed by atoms with E-state index in [4.69, 9.17) is 5.26 Å². The average molecular weight is 279 g/mol. The summed E-state index contributed by atoms with van der Waals surface area (Å²) < 4.78 is 26.5. The molecule has 7 heteroatoms. The minimum atomic E-state index is -3.59. The molecule has 0 fully saturated rings. The van der Waals surface area contributed by atoms with Crippen molar-refractivity contribution in [2.45, 2.75) is 11.1 Å². The molecule has 0 bridgehead atoms. The number of nitriles is 1. The number of rotatable bonds is 3. The topological polar surface area (TPSA) is 82.9 Å². The molecule has 92 valence electrons. The summed E-state index contributed by atoms with van der Waals surface area (Å²) in [6.07, 6.45) is 1.32. The Hall–Kier alpha value is -1.91. The molecule has 0 aliphatic rings. The zero-order valence-electron chi connectivity index (χ0n) is 9.41. The van der Waals surface area contributed by atoms with Crippen LogP contribution in [0.25, 0.3) is 0 Å². The number of nitrogens with one attached hydrogen (secondary N) is 1. The molecule has 2 aromatic heterocycles. The first-order chi connectivity index (χ1) is 8.51. The van der Waals surface area contributed by atoms with Gasteiger partial charge in [0.05, 0.1) is 5.56 Å². The van der Waals surface area contributed by atoms with Crippen LogP contribution in [0.2, 0.25) is 0 Å². The number of pyridine rings is 1. The molecule has 0 unspecified atom stereocenters. The van der Waals surface area contributed by atoms with Crippen LogP contribution in [0.5, 0.6) is 0 Å². The van der Waals surface area contributed by atoms with Gasteiger partial charge < -0.3 is 0 Å². The van der Waals surface area contributed by atoms with Gasteiger partial charge in [-0.05, 0) is 31.2 Å². The number of thiophene rings is 1. The van der Waals surface area contributed by atoms with Gasteiger partial charge in [0.1, 0.15) is 16.1 Å². The number of hydrogen-bond donors (Lipinski definition) is 1. The summed E-state index contributed by atoms with van der Waals surface area (Å²) in [5.41, 5.74) is 0.380. The third-order valence-corrected chi connectivity index (χ3v) is 4.96. The molecule has 0 atom stereocenters. The Labute approximate surface area is 109 Å². The predicted molar refractivity (Wildman–Crippen MR) is 68.8 cm³/mol. The first-order valence-electron chi connectivity index (χ1n) is 4.97. The van der Waals surface area contributed by atoms with Crippen molar-refractivity contribution in [2.75, 3.05) is 4.72 Å². The van der Waals surface area contributed by atoms with Gasteiger partial charge in [-0.15, -0.1) is 11.3 Å². The Morgan fingerprint density at radius 3 is 2.61 bits per heavy atom. The Morgan fingerprint density at radius 1 is 1.33 bits per heavy atom. The molecule has 0 saturated heterocycles. The number of aromatic nitrogens is 1. The summed E-state index contributed by atoms with van der Waals surface area (Å²) >= 11 is 1.19. The van der Waals surface area contributed by atoms with Crippen molar-refractivity contribution < 1.29 is 8.42 Å². The highest BCUT2D eigenvalue weighted by atomic mass is 32.2. The van der Waals surface area contributed by atoms with Crippen molar-refractivity contribution in [1.82, 2.24) is 4.98 Å². The highest BCUT2D eigenvalue weighted by Crippen LogP contribution is 2.22. The maximum absolute atomic E-state index is 12.0. The lowest BCUT2D eigenvalue weighted by Gasteiger charge is -2.04. The first-order valence-corrected chi connectivity index (χ1v) is 7.26. The molecule has 0 saturated carbocycles. The molecule has 2 aromatic rings. The van der Waals surface area contributed by atoms with Crippen molar-refractivity contribution in [1.29, 1.82) is 5.26 Å². The van der Waals surface area contributed by atoms with Crippen molar-refractivity contribution in [3.8, 4) is 6.07 Å². The molecule has 0 aromatic carbocycles. The lowest BCUT2D eigenvalue weighted by molar-refractivity contribution is 0.603. The Balaban J connectivity index is 2.25. The largest absolute Gasteiger partial charge is 0.272 e. The Bertz CT molecular complexity index is 697. The van der Waals surface area contributed by atoms with E-state index < -0.39 is 10.0 Å². The highest BCUT2D eigenvalue weighted by Gasteiger charge is 2.16. The summed E-state index contributed by atoms with van der Waals surface area (Å²) in [5, 5.41) is 8.61. The SMILES string of the molecule is Cc1ccc(S(=O)(=O)Nc2ccc(C#N)cn2)s1. The van der Waals surface area contributed by atoms with Crippen LogP contribution in [0.1, 0.15) is 10.4 Å². The predicted octanol–water partition coefficient (Wildman–Crippen LogP) is 2.12. The van der Waals surface area contributed by atoms with Crippen LogP contribution in [0.3, 0.4) is 0 Å². The molecular weight excluding hydrogens is 270 g/mol. The molecule has 5 nitrogen and oxygen atoms in total. The quantitative estimate of drug-likeness (QED) is 0.932. The van der Waals surface area contributed by atoms with Crippen molar-refractivity contribution in [3.05, 3.63) is 40.9 Å². The number of hydrogen-bond acceptors (Lipinski definition) is 5. The molecule has 18 heavy (non-hydrogen) atoms. The molecule has 0 aliphatic carbocycles. The van der Waals surface area contributed by atoms with Crippen molar-refractivity contribution in [3.63, 3.8) is 0 Å². The van der Waals surface area contributed by atoms with Gasteiger partial charge in [0, 0.05) is 11.1 Å². The van der Waals surface area contributed by atoms with Crippen LogP contribution in [-0.2, 0) is 10.0 Å². The fourth-order valence-electron chi connectivity index (χ4n) is 1.26. The van der Waals surface area contributed by atoms with Crippen LogP contribution in [0.4, 0.5) is 5.82 Å². The number of nitrogens with zero attached hydrogens (tertiary/aromatic N) is 2. The second-order valence-corrected chi connectivity index (χ2v) is 6.71. The lowest BCUT2D eigenvalue weighted by Crippen LogP contribution is -2.12. The van der Waals surface area contributed by atoms with Gasteiger partial charge in [-0.2, -0.15) is 5.26 Å². The summed E-state index contributed by atoms with van der Waals surface area (Å²) in [6, 6.07) is 8.16. The summed E-state index contributed by atoms with van der Waals surface area (Å²) in [5.74, 6) is 0.194. The van der Waals surface area contributed by atoms with Crippen LogP contribution in [0.15, 0.2) is 34.7 Å². The van der Waals surface area contributed by atoms with E-state index in [9.17, 15) is 8.42 Å². The maximum Gasteiger partial charge on any atom is 0.272 e. The number of sulfonamides is 1. The second kappa shape index (κ2) is 4.76. The minimum Gasteiger partial charge on any atom is -0.263 e. The van der Waals surface area contributed by atoms with E-state index in [1.807, 2.05) is 13.0 Å². The van der Waals surface area contributed by atoms with E-state index in [2.05, 4.69) is 9.71 Å². The van der Waals surface area contributed by atoms with Crippen LogP contribution in [-0.4, -0.2) is 13.4 Å². The fraction of sp³-hybridized carbons (Fsp3) is 0.0909. The monoisotopic (exact) mass is 279 g/mol. The van der Waals surface area contributed by atoms with Crippen LogP contribution < -0.4 is 4.72 Å². The van der Waals surface area contributed by atoms with Crippen LogP contribution in [0, 0.1) is 18.3 Å². The van der Waals surface area contributed by atoms with Crippen molar-refractivity contribution >= 4 is 27.2 Å². The summed E-state index contributed by atoms with van der Waals surface area (Å²) in [7, 11) is -3.59. The minimum absolute atomic E-state index is 0.194. The second-order valence-electron chi connectivity index (χ2n) is 3.51. The first kappa shape index (κ1) is 12.5. The molecule has 2 heterocycles. The van der Waals surface area contributed by atoms with Gasteiger partial charge >= 0.3 is 0 Å². The molecule has 1 N–H and O–H groups in total. The Morgan fingerprint density at radius 2 is 2.11 bits per heavy atom. The smallest absolute Gasteiger partial charge is 0.263 e. The molecule has 0 aliphatic heterocycles. The fourth-order valence-corrected chi connectivity index (χ4v) is 3.56. The van der Waals surface area contributed by atoms with Gasteiger partial charge in [0.2, 0.25) is 0 Å². The van der Waals surface area contributed by atoms with Gasteiger partial charge in [0.25, 0.3) is 10.0 Å². The summed E-state index contributed by atoms with van der Waals surface area (Å²) in [6.45, 7) is 1.84. The average Bonchev–Trinajstić information content (AvgIpc) is 2.77. The van der Waals surface area contributed by atoms with Gasteiger partial charge in [-0.3, -0.25) is 4.72 Å². The van der Waals surface area contributed by atoms with Gasteiger partial charge in [0.15, 0.2) is 0 Å². The van der Waals surface area contributed by atoms with E-state index >= 15 is 0 Å². The van der Waals surface area contributed by atoms with E-state index in [-0.39, 0.29) is 10.0 Å². The number of anilines is 1. The maximum atomic E-state index is 12.0. The zero-order valence-corrected chi connectivity index (χ0v) is 11.0. The Kier molecular flexibility index (Phi) is 3.32. The van der Waals surface area contributed by atoms with E-state index in [0.29, 0.717) is 5.56 Å². The summed E-state index contributed by atoms with van der Waals surface area (Å²) in [4.78, 5) is 4.78. The molecule has 2 rings (SSSR count). The standard InChI is InChI=1S/C11H9N3O2S2/c1-8-2-5-11(17-8)18(15,16)14-10-4-3-9(6-12)7-13-10/h2-5,7H,1H3,(H,13,14). The van der Waals surface area contributed by atoms with E-state index in [1.165, 1.54) is 29.7 Å².